The molecule has 0 saturated heterocycles. The number of hydrogen-bond acceptors (Lipinski definition) is 9. The van der Waals surface area contributed by atoms with Crippen molar-refractivity contribution in [2.45, 2.75) is 46.0 Å². The molecule has 30 heavy (non-hydrogen) atoms. The number of rotatable bonds is 9. The molecule has 0 aliphatic rings. The molecule has 0 fully saturated rings. The van der Waals surface area contributed by atoms with Crippen LogP contribution in [0, 0.1) is 0 Å². The lowest BCUT2D eigenvalue weighted by atomic mass is 10.1. The second-order valence-electron chi connectivity index (χ2n) is 6.05. The Balaban J connectivity index is 3.25. The highest BCUT2D eigenvalue weighted by atomic mass is 79.9. The first-order valence-electron chi connectivity index (χ1n) is 8.71. The third-order valence-corrected chi connectivity index (χ3v) is 3.93. The van der Waals surface area contributed by atoms with E-state index >= 15 is 0 Å². The van der Waals surface area contributed by atoms with E-state index in [1.165, 1.54) is 0 Å². The van der Waals surface area contributed by atoms with Crippen LogP contribution in [0.3, 0.4) is 0 Å². The molecule has 1 rings (SSSR count). The van der Waals surface area contributed by atoms with Gasteiger partial charge in [0.2, 0.25) is 6.10 Å². The summed E-state index contributed by atoms with van der Waals surface area (Å²) in [5, 5.41) is 2.52. The summed E-state index contributed by atoms with van der Waals surface area (Å²) in [6, 6.07) is 6.50. The zero-order valence-electron chi connectivity index (χ0n) is 16.8. The van der Waals surface area contributed by atoms with Crippen molar-refractivity contribution in [1.82, 2.24) is 0 Å². The van der Waals surface area contributed by atoms with Crippen LogP contribution in [0.25, 0.3) is 0 Å². The topological polar surface area (TPSA) is 134 Å². The van der Waals surface area contributed by atoms with Crippen molar-refractivity contribution < 1.29 is 42.9 Å². The van der Waals surface area contributed by atoms with Gasteiger partial charge in [-0.1, -0.05) is 15.9 Å². The molecule has 0 aromatic heterocycles. The van der Waals surface area contributed by atoms with Crippen molar-refractivity contribution in [3.63, 3.8) is 0 Å². The van der Waals surface area contributed by atoms with E-state index in [2.05, 4.69) is 21.2 Å². The first kappa shape index (κ1) is 25.1. The maximum atomic E-state index is 12.8. The summed E-state index contributed by atoms with van der Waals surface area (Å²) in [4.78, 5) is 58.8. The van der Waals surface area contributed by atoms with Gasteiger partial charge in [0, 0.05) is 37.9 Å². The predicted molar refractivity (Wildman–Crippen MR) is 106 cm³/mol. The molecule has 0 aliphatic carbocycles. The number of amides is 1. The molecule has 0 unspecified atom stereocenters. The lowest BCUT2D eigenvalue weighted by molar-refractivity contribution is -0.190. The monoisotopic (exact) mass is 487 g/mol. The second-order valence-corrected chi connectivity index (χ2v) is 6.97. The molecule has 10 nitrogen and oxygen atoms in total. The Morgan fingerprint density at radius 2 is 1.37 bits per heavy atom. The fraction of sp³-hybridized carbons (Fsp3) is 0.421. The van der Waals surface area contributed by atoms with Crippen LogP contribution < -0.4 is 5.32 Å². The van der Waals surface area contributed by atoms with Gasteiger partial charge < -0.3 is 24.3 Å². The van der Waals surface area contributed by atoms with E-state index in [1.54, 1.807) is 24.3 Å². The highest BCUT2D eigenvalue weighted by molar-refractivity contribution is 9.10. The average Bonchev–Trinajstić information content (AvgIpc) is 2.62. The minimum absolute atomic E-state index is 0.367. The first-order valence-corrected chi connectivity index (χ1v) is 9.50. The van der Waals surface area contributed by atoms with Crippen molar-refractivity contribution in [1.29, 1.82) is 0 Å². The largest absolute Gasteiger partial charge is 0.462 e. The number of carbonyl (C=O) groups excluding carboxylic acids is 5. The molecule has 0 aliphatic heterocycles. The van der Waals surface area contributed by atoms with E-state index in [0.29, 0.717) is 5.69 Å². The fourth-order valence-corrected chi connectivity index (χ4v) is 2.59. The van der Waals surface area contributed by atoms with Crippen LogP contribution in [-0.4, -0.2) is 54.7 Å². The van der Waals surface area contributed by atoms with E-state index < -0.39 is 54.7 Å². The Morgan fingerprint density at radius 1 is 0.833 bits per heavy atom. The minimum atomic E-state index is -1.70. The SMILES string of the molecule is CC(=O)OC[C@@H](OC(C)=O)[C@@H](OC(C)=O)[C@H](OC(C)=O)C(=O)Nc1ccc(Br)cc1. The Kier molecular flexibility index (Phi) is 9.96. The molecule has 0 radical (unpaired) electrons. The van der Waals surface area contributed by atoms with Crippen molar-refractivity contribution >= 4 is 51.4 Å². The van der Waals surface area contributed by atoms with Gasteiger partial charge >= 0.3 is 23.9 Å². The number of halogens is 1. The van der Waals surface area contributed by atoms with Gasteiger partial charge in [0.05, 0.1) is 0 Å². The highest BCUT2D eigenvalue weighted by Crippen LogP contribution is 2.19. The highest BCUT2D eigenvalue weighted by Gasteiger charge is 2.42. The predicted octanol–water partition coefficient (Wildman–Crippen LogP) is 1.75. The Labute approximate surface area is 181 Å². The zero-order chi connectivity index (χ0) is 22.8. The molecule has 0 spiro atoms. The third-order valence-electron chi connectivity index (χ3n) is 3.40. The lowest BCUT2D eigenvalue weighted by Gasteiger charge is -2.30. The van der Waals surface area contributed by atoms with Crippen LogP contribution in [0.4, 0.5) is 5.69 Å². The molecule has 0 saturated carbocycles. The Morgan fingerprint density at radius 3 is 1.83 bits per heavy atom. The summed E-state index contributed by atoms with van der Waals surface area (Å²) in [7, 11) is 0. The quantitative estimate of drug-likeness (QED) is 0.408. The number of nitrogens with one attached hydrogen (secondary N) is 1. The molecule has 1 aromatic rings. The van der Waals surface area contributed by atoms with E-state index in [-0.39, 0.29) is 0 Å². The first-order chi connectivity index (χ1) is 14.0. The molecule has 0 bridgehead atoms. The maximum absolute atomic E-state index is 12.8. The summed E-state index contributed by atoms with van der Waals surface area (Å²) in [6.45, 7) is 3.78. The smallest absolute Gasteiger partial charge is 0.303 e. The van der Waals surface area contributed by atoms with Crippen molar-refractivity contribution in [2.24, 2.45) is 0 Å². The number of esters is 4. The van der Waals surface area contributed by atoms with Gasteiger partial charge in [-0.25, -0.2) is 0 Å². The van der Waals surface area contributed by atoms with Crippen LogP contribution in [0.2, 0.25) is 0 Å². The number of hydrogen-bond donors (Lipinski definition) is 1. The molecule has 1 N–H and O–H groups in total. The van der Waals surface area contributed by atoms with E-state index in [9.17, 15) is 24.0 Å². The van der Waals surface area contributed by atoms with Crippen LogP contribution >= 0.6 is 15.9 Å². The standard InChI is InChI=1S/C19H22BrNO9/c1-10(22)27-9-16(28-11(2)23)17(29-12(3)24)18(30-13(4)25)19(26)21-15-7-5-14(20)6-8-15/h5-8,16-18H,9H2,1-4H3,(H,21,26)/t16-,17-,18+/m1/s1. The van der Waals surface area contributed by atoms with Gasteiger partial charge in [-0.2, -0.15) is 0 Å². The summed E-state index contributed by atoms with van der Waals surface area (Å²) in [5.74, 6) is -4.03. The Hall–Kier alpha value is -2.95. The normalized spacial score (nSPS) is 13.2. The van der Waals surface area contributed by atoms with Gasteiger partial charge in [0.25, 0.3) is 5.91 Å². The Bertz CT molecular complexity index is 794. The summed E-state index contributed by atoms with van der Waals surface area (Å²) in [6.07, 6.45) is -4.68. The van der Waals surface area contributed by atoms with Gasteiger partial charge in [-0.3, -0.25) is 24.0 Å². The van der Waals surface area contributed by atoms with Crippen LogP contribution in [-0.2, 0) is 42.9 Å². The van der Waals surface area contributed by atoms with Crippen molar-refractivity contribution in [3.8, 4) is 0 Å². The number of ether oxygens (including phenoxy) is 4. The molecule has 1 aromatic carbocycles. The minimum Gasteiger partial charge on any atom is -0.462 e. The molecule has 0 heterocycles. The van der Waals surface area contributed by atoms with Crippen LogP contribution in [0.5, 0.6) is 0 Å². The summed E-state index contributed by atoms with van der Waals surface area (Å²) >= 11 is 3.27. The summed E-state index contributed by atoms with van der Waals surface area (Å²) < 4.78 is 20.9. The maximum Gasteiger partial charge on any atom is 0.303 e. The number of benzene rings is 1. The van der Waals surface area contributed by atoms with E-state index in [1.807, 2.05) is 0 Å². The molecule has 11 heteroatoms. The van der Waals surface area contributed by atoms with Crippen LogP contribution in [0.1, 0.15) is 27.7 Å². The molecule has 3 atom stereocenters. The number of anilines is 1. The molecular formula is C19H22BrNO9. The number of carbonyl (C=O) groups is 5. The van der Waals surface area contributed by atoms with Crippen molar-refractivity contribution in [2.75, 3.05) is 11.9 Å². The second kappa shape index (κ2) is 11.9. The van der Waals surface area contributed by atoms with Crippen LogP contribution in [0.15, 0.2) is 28.7 Å². The molecule has 1 amide bonds. The lowest BCUT2D eigenvalue weighted by Crippen LogP contribution is -2.52. The average molecular weight is 488 g/mol. The van der Waals surface area contributed by atoms with Gasteiger partial charge in [0.1, 0.15) is 6.61 Å². The molecular weight excluding hydrogens is 466 g/mol. The third kappa shape index (κ3) is 9.03. The van der Waals surface area contributed by atoms with Gasteiger partial charge in [0.15, 0.2) is 12.2 Å². The fourth-order valence-electron chi connectivity index (χ4n) is 2.33. The zero-order valence-corrected chi connectivity index (χ0v) is 18.4. The molecule has 164 valence electrons. The van der Waals surface area contributed by atoms with Gasteiger partial charge in [-0.15, -0.1) is 0 Å². The van der Waals surface area contributed by atoms with E-state index in [0.717, 1.165) is 32.2 Å². The van der Waals surface area contributed by atoms with Gasteiger partial charge in [-0.05, 0) is 24.3 Å². The van der Waals surface area contributed by atoms with E-state index in [4.69, 9.17) is 18.9 Å². The summed E-state index contributed by atoms with van der Waals surface area (Å²) in [5.41, 5.74) is 0.367. The van der Waals surface area contributed by atoms with Crippen molar-refractivity contribution in [3.05, 3.63) is 28.7 Å².